The lowest BCUT2D eigenvalue weighted by molar-refractivity contribution is 0.465. The van der Waals surface area contributed by atoms with E-state index >= 15 is 0 Å². The SMILES string of the molecule is Cc1nn2c(nc(Sc3nnc(-c4ccc(F)cc4)o3)c3ccccc32)c1Cl. The van der Waals surface area contributed by atoms with Gasteiger partial charge in [0.05, 0.1) is 11.2 Å². The molecule has 0 saturated heterocycles. The Labute approximate surface area is 167 Å². The molecule has 0 aliphatic rings. The minimum Gasteiger partial charge on any atom is -0.411 e. The van der Waals surface area contributed by atoms with Crippen LogP contribution in [-0.4, -0.2) is 24.8 Å². The van der Waals surface area contributed by atoms with Crippen molar-refractivity contribution in [3.63, 3.8) is 0 Å². The Balaban J connectivity index is 1.60. The first-order valence-electron chi connectivity index (χ1n) is 8.31. The quantitative estimate of drug-likeness (QED) is 0.381. The minimum atomic E-state index is -0.324. The van der Waals surface area contributed by atoms with Gasteiger partial charge in [-0.1, -0.05) is 29.8 Å². The van der Waals surface area contributed by atoms with Crippen molar-refractivity contribution < 1.29 is 8.81 Å². The number of hydrogen-bond donors (Lipinski definition) is 0. The van der Waals surface area contributed by atoms with Crippen LogP contribution >= 0.6 is 23.4 Å². The highest BCUT2D eigenvalue weighted by Crippen LogP contribution is 2.35. The van der Waals surface area contributed by atoms with E-state index in [1.165, 1.54) is 23.9 Å². The molecule has 0 bridgehead atoms. The maximum absolute atomic E-state index is 13.1. The third-order valence-electron chi connectivity index (χ3n) is 4.22. The highest BCUT2D eigenvalue weighted by molar-refractivity contribution is 7.99. The molecular weight excluding hydrogens is 401 g/mol. The molecule has 0 N–H and O–H groups in total. The van der Waals surface area contributed by atoms with Crippen molar-refractivity contribution in [1.82, 2.24) is 24.8 Å². The minimum absolute atomic E-state index is 0.311. The molecule has 6 nitrogen and oxygen atoms in total. The highest BCUT2D eigenvalue weighted by Gasteiger charge is 2.18. The Kier molecular flexibility index (Phi) is 4.03. The molecule has 0 amide bonds. The maximum atomic E-state index is 13.1. The summed E-state index contributed by atoms with van der Waals surface area (Å²) in [7, 11) is 0. The van der Waals surface area contributed by atoms with Gasteiger partial charge in [-0.3, -0.25) is 0 Å². The third-order valence-corrected chi connectivity index (χ3v) is 5.50. The largest absolute Gasteiger partial charge is 0.411 e. The molecule has 2 aromatic carbocycles. The molecule has 28 heavy (non-hydrogen) atoms. The Bertz CT molecular complexity index is 1330. The van der Waals surface area contributed by atoms with Gasteiger partial charge in [0.1, 0.15) is 15.9 Å². The number of benzene rings is 2. The van der Waals surface area contributed by atoms with Gasteiger partial charge in [0, 0.05) is 10.9 Å². The predicted octanol–water partition coefficient (Wildman–Crippen LogP) is 5.18. The van der Waals surface area contributed by atoms with Crippen molar-refractivity contribution in [1.29, 1.82) is 0 Å². The summed E-state index contributed by atoms with van der Waals surface area (Å²) >= 11 is 7.62. The summed E-state index contributed by atoms with van der Waals surface area (Å²) in [4.78, 5) is 4.67. The van der Waals surface area contributed by atoms with E-state index in [4.69, 9.17) is 16.0 Å². The van der Waals surface area contributed by atoms with Crippen molar-refractivity contribution in [2.45, 2.75) is 17.2 Å². The number of nitrogens with zero attached hydrogens (tertiary/aromatic N) is 5. The summed E-state index contributed by atoms with van der Waals surface area (Å²) in [6.07, 6.45) is 0. The Morgan fingerprint density at radius 2 is 1.86 bits per heavy atom. The first-order valence-corrected chi connectivity index (χ1v) is 9.50. The Morgan fingerprint density at radius 1 is 1.07 bits per heavy atom. The zero-order valence-electron chi connectivity index (χ0n) is 14.4. The number of halogens is 2. The van der Waals surface area contributed by atoms with E-state index in [2.05, 4.69) is 20.3 Å². The normalized spacial score (nSPS) is 11.5. The number of aryl methyl sites for hydroxylation is 1. The van der Waals surface area contributed by atoms with E-state index in [9.17, 15) is 4.39 Å². The van der Waals surface area contributed by atoms with Gasteiger partial charge in [-0.15, -0.1) is 10.2 Å². The highest BCUT2D eigenvalue weighted by atomic mass is 35.5. The van der Waals surface area contributed by atoms with Crippen LogP contribution in [0.2, 0.25) is 5.02 Å². The van der Waals surface area contributed by atoms with Crippen molar-refractivity contribution in [2.24, 2.45) is 0 Å². The second kappa shape index (κ2) is 6.57. The van der Waals surface area contributed by atoms with Crippen LogP contribution in [0.15, 0.2) is 63.2 Å². The fourth-order valence-electron chi connectivity index (χ4n) is 2.88. The number of rotatable bonds is 3. The summed E-state index contributed by atoms with van der Waals surface area (Å²) in [5.74, 6) is -0.0130. The maximum Gasteiger partial charge on any atom is 0.283 e. The summed E-state index contributed by atoms with van der Waals surface area (Å²) in [5.41, 5.74) is 2.79. The molecule has 0 unspecified atom stereocenters. The Morgan fingerprint density at radius 3 is 2.68 bits per heavy atom. The first-order chi connectivity index (χ1) is 13.6. The molecule has 0 radical (unpaired) electrons. The van der Waals surface area contributed by atoms with E-state index < -0.39 is 0 Å². The van der Waals surface area contributed by atoms with Crippen LogP contribution in [0.3, 0.4) is 0 Å². The van der Waals surface area contributed by atoms with Gasteiger partial charge in [0.15, 0.2) is 5.65 Å². The fraction of sp³-hybridized carbons (Fsp3) is 0.0526. The summed E-state index contributed by atoms with van der Waals surface area (Å²) in [6, 6.07) is 13.6. The third kappa shape index (κ3) is 2.81. The van der Waals surface area contributed by atoms with Gasteiger partial charge in [-0.25, -0.2) is 13.9 Å². The van der Waals surface area contributed by atoms with Crippen LogP contribution in [0.25, 0.3) is 28.0 Å². The van der Waals surface area contributed by atoms with E-state index in [1.54, 1.807) is 16.6 Å². The zero-order chi connectivity index (χ0) is 19.3. The zero-order valence-corrected chi connectivity index (χ0v) is 16.0. The van der Waals surface area contributed by atoms with Crippen LogP contribution in [-0.2, 0) is 0 Å². The molecule has 0 aliphatic carbocycles. The molecule has 0 atom stereocenters. The summed E-state index contributed by atoms with van der Waals surface area (Å²) in [6.45, 7) is 1.84. The molecular formula is C19H11ClFN5OS. The fourth-order valence-corrected chi connectivity index (χ4v) is 3.82. The molecule has 3 heterocycles. The van der Waals surface area contributed by atoms with Crippen LogP contribution in [0, 0.1) is 12.7 Å². The van der Waals surface area contributed by atoms with E-state index in [0.29, 0.717) is 38.1 Å². The van der Waals surface area contributed by atoms with Crippen molar-refractivity contribution in [2.75, 3.05) is 0 Å². The lowest BCUT2D eigenvalue weighted by atomic mass is 10.2. The number of para-hydroxylation sites is 1. The molecule has 9 heteroatoms. The van der Waals surface area contributed by atoms with Crippen molar-refractivity contribution >= 4 is 39.9 Å². The van der Waals surface area contributed by atoms with Crippen molar-refractivity contribution in [3.05, 3.63) is 65.1 Å². The van der Waals surface area contributed by atoms with Gasteiger partial charge in [0.25, 0.3) is 5.22 Å². The second-order valence-electron chi connectivity index (χ2n) is 6.05. The summed E-state index contributed by atoms with van der Waals surface area (Å²) in [5, 5.41) is 15.0. The topological polar surface area (TPSA) is 69.1 Å². The number of fused-ring (bicyclic) bond motifs is 3. The van der Waals surface area contributed by atoms with Crippen molar-refractivity contribution in [3.8, 4) is 11.5 Å². The standard InChI is InChI=1S/C19H11ClFN5OS/c1-10-15(20)16-22-18(13-4-2-3-5-14(13)26(16)25-10)28-19-24-23-17(27-19)11-6-8-12(21)9-7-11/h2-9H,1H3. The number of aromatic nitrogens is 5. The lowest BCUT2D eigenvalue weighted by Gasteiger charge is -2.05. The van der Waals surface area contributed by atoms with Gasteiger partial charge in [-0.2, -0.15) is 5.10 Å². The average molecular weight is 412 g/mol. The van der Waals surface area contributed by atoms with Gasteiger partial charge < -0.3 is 4.42 Å². The first kappa shape index (κ1) is 17.2. The molecule has 0 spiro atoms. The number of hydrogen-bond acceptors (Lipinski definition) is 6. The van der Waals surface area contributed by atoms with Crippen LogP contribution in [0.1, 0.15) is 5.69 Å². The van der Waals surface area contributed by atoms with Gasteiger partial charge in [-0.05, 0) is 49.0 Å². The van der Waals surface area contributed by atoms with Crippen LogP contribution in [0.5, 0.6) is 0 Å². The van der Waals surface area contributed by atoms with E-state index in [1.807, 2.05) is 31.2 Å². The smallest absolute Gasteiger partial charge is 0.283 e. The molecule has 3 aromatic heterocycles. The summed E-state index contributed by atoms with van der Waals surface area (Å²) < 4.78 is 20.6. The molecule has 0 fully saturated rings. The van der Waals surface area contributed by atoms with E-state index in [-0.39, 0.29) is 5.82 Å². The van der Waals surface area contributed by atoms with Gasteiger partial charge >= 0.3 is 0 Å². The molecule has 0 saturated carbocycles. The monoisotopic (exact) mass is 411 g/mol. The molecule has 138 valence electrons. The van der Waals surface area contributed by atoms with Crippen LogP contribution < -0.4 is 0 Å². The Hall–Kier alpha value is -2.97. The van der Waals surface area contributed by atoms with Crippen LogP contribution in [0.4, 0.5) is 4.39 Å². The van der Waals surface area contributed by atoms with Gasteiger partial charge in [0.2, 0.25) is 5.89 Å². The lowest BCUT2D eigenvalue weighted by Crippen LogP contribution is -1.95. The predicted molar refractivity (Wildman–Crippen MR) is 104 cm³/mol. The molecule has 5 rings (SSSR count). The average Bonchev–Trinajstić information content (AvgIpc) is 3.28. The molecule has 5 aromatic rings. The van der Waals surface area contributed by atoms with E-state index in [0.717, 1.165) is 10.9 Å². The second-order valence-corrected chi connectivity index (χ2v) is 7.37. The molecule has 0 aliphatic heterocycles.